The first kappa shape index (κ1) is 25.0. The summed E-state index contributed by atoms with van der Waals surface area (Å²) in [5, 5.41) is 4.38. The van der Waals surface area contributed by atoms with Crippen molar-refractivity contribution in [2.45, 2.75) is 51.5 Å². The number of aromatic amines is 1. The van der Waals surface area contributed by atoms with Crippen LogP contribution in [-0.4, -0.2) is 54.9 Å². The number of amides is 1. The molecule has 1 fully saturated rings. The first-order chi connectivity index (χ1) is 15.5. The van der Waals surface area contributed by atoms with Gasteiger partial charge in [0.1, 0.15) is 5.69 Å². The van der Waals surface area contributed by atoms with Crippen LogP contribution < -0.4 is 5.32 Å². The van der Waals surface area contributed by atoms with Gasteiger partial charge < -0.3 is 15.2 Å². The molecular formula is C25H33N3O4S. The lowest BCUT2D eigenvalue weighted by molar-refractivity contribution is 0.0907. The van der Waals surface area contributed by atoms with Crippen molar-refractivity contribution < 1.29 is 17.8 Å². The molecule has 1 amide bonds. The number of fused-ring (bicyclic) bond motifs is 1. The minimum absolute atomic E-state index is 0.0211. The molecule has 8 heteroatoms. The van der Waals surface area contributed by atoms with Gasteiger partial charge in [-0.05, 0) is 83.0 Å². The minimum Gasteiger partial charge on any atom is -0.350 e. The van der Waals surface area contributed by atoms with Gasteiger partial charge in [-0.3, -0.25) is 9.35 Å². The molecule has 3 N–H and O–H groups in total. The van der Waals surface area contributed by atoms with Crippen LogP contribution in [0.25, 0.3) is 10.9 Å². The van der Waals surface area contributed by atoms with E-state index < -0.39 is 10.1 Å². The predicted octanol–water partition coefficient (Wildman–Crippen LogP) is 4.16. The van der Waals surface area contributed by atoms with Gasteiger partial charge in [-0.1, -0.05) is 29.8 Å². The molecule has 1 aromatic heterocycles. The second-order valence-electron chi connectivity index (χ2n) is 8.94. The van der Waals surface area contributed by atoms with Crippen molar-refractivity contribution in [3.8, 4) is 0 Å². The van der Waals surface area contributed by atoms with Gasteiger partial charge in [0.15, 0.2) is 0 Å². The number of hydrogen-bond acceptors (Lipinski definition) is 4. The lowest BCUT2D eigenvalue weighted by Crippen LogP contribution is -2.46. The van der Waals surface area contributed by atoms with Gasteiger partial charge in [0, 0.05) is 23.5 Å². The summed E-state index contributed by atoms with van der Waals surface area (Å²) in [6.07, 6.45) is 2.21. The molecule has 0 radical (unpaired) electrons. The fourth-order valence-electron chi connectivity index (χ4n) is 4.28. The van der Waals surface area contributed by atoms with E-state index in [9.17, 15) is 13.2 Å². The molecule has 178 valence electrons. The van der Waals surface area contributed by atoms with Crippen LogP contribution in [0.3, 0.4) is 0 Å². The number of benzene rings is 2. The van der Waals surface area contributed by atoms with Gasteiger partial charge in [-0.2, -0.15) is 8.42 Å². The normalized spacial score (nSPS) is 16.8. The second-order valence-corrected chi connectivity index (χ2v) is 10.4. The van der Waals surface area contributed by atoms with Crippen LogP contribution >= 0.6 is 0 Å². The molecule has 7 nitrogen and oxygen atoms in total. The predicted molar refractivity (Wildman–Crippen MR) is 131 cm³/mol. The number of likely N-dealkylation sites (tertiary alicyclic amines) is 1. The van der Waals surface area contributed by atoms with Crippen molar-refractivity contribution >= 4 is 26.9 Å². The Bertz CT molecular complexity index is 1250. The Morgan fingerprint density at radius 1 is 1.06 bits per heavy atom. The van der Waals surface area contributed by atoms with Crippen LogP contribution in [0.1, 0.15) is 45.6 Å². The second kappa shape index (κ2) is 10.1. The number of carbonyl (C=O) groups is 1. The molecule has 33 heavy (non-hydrogen) atoms. The number of piperidine rings is 1. The van der Waals surface area contributed by atoms with Crippen LogP contribution in [0, 0.1) is 27.7 Å². The maximum atomic E-state index is 12.7. The number of carbonyl (C=O) groups excluding carboxylic acids is 1. The number of aromatic nitrogens is 1. The Morgan fingerprint density at radius 3 is 2.27 bits per heavy atom. The van der Waals surface area contributed by atoms with Crippen LogP contribution in [0.15, 0.2) is 41.3 Å². The van der Waals surface area contributed by atoms with Gasteiger partial charge in [0.05, 0.1) is 4.90 Å². The zero-order chi connectivity index (χ0) is 24.3. The largest absolute Gasteiger partial charge is 0.350 e. The average Bonchev–Trinajstić information content (AvgIpc) is 3.10. The molecule has 0 unspecified atom stereocenters. The summed E-state index contributed by atoms with van der Waals surface area (Å²) in [7, 11) is -1.91. The summed E-state index contributed by atoms with van der Waals surface area (Å²) < 4.78 is 29.6. The van der Waals surface area contributed by atoms with E-state index in [1.54, 1.807) is 12.1 Å². The molecule has 4 rings (SSSR count). The fraction of sp³-hybridized carbons (Fsp3) is 0.400. The molecule has 1 saturated heterocycles. The lowest BCUT2D eigenvalue weighted by Gasteiger charge is -2.30. The Labute approximate surface area is 195 Å². The number of nitrogens with zero attached hydrogens (tertiary/aromatic N) is 1. The Balaban J connectivity index is 0.000000235. The summed E-state index contributed by atoms with van der Waals surface area (Å²) in [4.78, 5) is 18.2. The van der Waals surface area contributed by atoms with E-state index in [-0.39, 0.29) is 16.8 Å². The molecule has 1 aliphatic rings. The molecule has 0 aliphatic carbocycles. The highest BCUT2D eigenvalue weighted by molar-refractivity contribution is 7.85. The number of likely N-dealkylation sites (N-methyl/N-ethyl adjacent to an activating group) is 1. The van der Waals surface area contributed by atoms with E-state index in [1.807, 2.05) is 13.8 Å². The smallest absolute Gasteiger partial charge is 0.294 e. The quantitative estimate of drug-likeness (QED) is 0.498. The summed E-state index contributed by atoms with van der Waals surface area (Å²) >= 11 is 0. The van der Waals surface area contributed by atoms with Crippen molar-refractivity contribution in [1.29, 1.82) is 0 Å². The maximum absolute atomic E-state index is 12.7. The first-order valence-electron chi connectivity index (χ1n) is 11.1. The summed E-state index contributed by atoms with van der Waals surface area (Å²) in [5.74, 6) is 0.0211. The average molecular weight is 472 g/mol. The van der Waals surface area contributed by atoms with E-state index >= 15 is 0 Å². The lowest BCUT2D eigenvalue weighted by atomic mass is 10.0. The fourth-order valence-corrected chi connectivity index (χ4v) is 4.76. The molecule has 0 saturated carbocycles. The zero-order valence-electron chi connectivity index (χ0n) is 19.9. The Hall–Kier alpha value is -2.68. The molecule has 2 aromatic carbocycles. The van der Waals surface area contributed by atoms with Crippen LogP contribution in [-0.2, 0) is 10.1 Å². The number of H-pyrrole nitrogens is 1. The third-order valence-corrected chi connectivity index (χ3v) is 7.00. The molecule has 1 atom stereocenters. The highest BCUT2D eigenvalue weighted by atomic mass is 32.2. The standard InChI is InChI=1S/C18H25N3O.C7H8O3S/c1-11-7-8-12(2)16-15(11)13(3)17(20-16)18(22)19-14-6-5-9-21(4)10-14;1-6-2-4-7(5-3-6)11(8,9)10/h7-8,14,20H,5-6,9-10H2,1-4H3,(H,19,22);2-5H,1H3,(H,8,9,10)/t14-;/m1./s1. The zero-order valence-corrected chi connectivity index (χ0v) is 20.7. The van der Waals surface area contributed by atoms with Crippen LogP contribution in [0.2, 0.25) is 0 Å². The van der Waals surface area contributed by atoms with Crippen molar-refractivity contribution in [3.05, 3.63) is 64.3 Å². The van der Waals surface area contributed by atoms with E-state index in [1.165, 1.54) is 28.6 Å². The van der Waals surface area contributed by atoms with Gasteiger partial charge in [0.2, 0.25) is 0 Å². The van der Waals surface area contributed by atoms with E-state index in [0.29, 0.717) is 5.69 Å². The molecule has 1 aliphatic heterocycles. The van der Waals surface area contributed by atoms with Crippen molar-refractivity contribution in [2.75, 3.05) is 20.1 Å². The van der Waals surface area contributed by atoms with Crippen molar-refractivity contribution in [3.63, 3.8) is 0 Å². The van der Waals surface area contributed by atoms with Crippen LogP contribution in [0.4, 0.5) is 0 Å². The number of rotatable bonds is 3. The SMILES string of the molecule is Cc1ccc(C)c2c(C)c(C(=O)N[C@@H]3CCCN(C)C3)[nH]c12.Cc1ccc(S(=O)(=O)O)cc1. The molecule has 2 heterocycles. The highest BCUT2D eigenvalue weighted by Gasteiger charge is 2.22. The van der Waals surface area contributed by atoms with Crippen LogP contribution in [0.5, 0.6) is 0 Å². The number of nitrogens with one attached hydrogen (secondary N) is 2. The molecular weight excluding hydrogens is 438 g/mol. The molecule has 0 spiro atoms. The third-order valence-electron chi connectivity index (χ3n) is 6.13. The topological polar surface area (TPSA) is 103 Å². The monoisotopic (exact) mass is 471 g/mol. The van der Waals surface area contributed by atoms with Gasteiger partial charge >= 0.3 is 0 Å². The summed E-state index contributed by atoms with van der Waals surface area (Å²) in [6.45, 7) is 10.1. The maximum Gasteiger partial charge on any atom is 0.294 e. The van der Waals surface area contributed by atoms with E-state index in [4.69, 9.17) is 4.55 Å². The van der Waals surface area contributed by atoms with Gasteiger partial charge in [-0.15, -0.1) is 0 Å². The van der Waals surface area contributed by atoms with Gasteiger partial charge in [-0.25, -0.2) is 0 Å². The number of aryl methyl sites for hydroxylation is 4. The van der Waals surface area contributed by atoms with Crippen molar-refractivity contribution in [2.24, 2.45) is 0 Å². The molecule has 0 bridgehead atoms. The summed E-state index contributed by atoms with van der Waals surface area (Å²) in [6, 6.07) is 10.5. The Kier molecular flexibility index (Phi) is 7.62. The van der Waals surface area contributed by atoms with Gasteiger partial charge in [0.25, 0.3) is 16.0 Å². The van der Waals surface area contributed by atoms with E-state index in [0.717, 1.165) is 42.6 Å². The highest BCUT2D eigenvalue weighted by Crippen LogP contribution is 2.27. The van der Waals surface area contributed by atoms with Crippen molar-refractivity contribution in [1.82, 2.24) is 15.2 Å². The van der Waals surface area contributed by atoms with E-state index in [2.05, 4.69) is 48.2 Å². The third kappa shape index (κ3) is 6.01. The minimum atomic E-state index is -4.02. The summed E-state index contributed by atoms with van der Waals surface area (Å²) in [5.41, 5.74) is 6.20. The molecule has 3 aromatic rings. The first-order valence-corrected chi connectivity index (χ1v) is 12.5. The number of hydrogen-bond donors (Lipinski definition) is 3. The Morgan fingerprint density at radius 2 is 1.70 bits per heavy atom.